The van der Waals surface area contributed by atoms with Gasteiger partial charge in [0.05, 0.1) is 0 Å². The number of esters is 1. The van der Waals surface area contributed by atoms with Crippen LogP contribution >= 0.6 is 0 Å². The third kappa shape index (κ3) is 3.13. The number of hydrogen-bond donors (Lipinski definition) is 2. The number of carbonyl (C=O) groups excluding carboxylic acids is 1. The average molecular weight is 256 g/mol. The van der Waals surface area contributed by atoms with Crippen LogP contribution in [0.5, 0.6) is 17.2 Å². The summed E-state index contributed by atoms with van der Waals surface area (Å²) in [7, 11) is 0. The topological polar surface area (TPSA) is 66.8 Å². The van der Waals surface area contributed by atoms with E-state index in [9.17, 15) is 15.0 Å². The van der Waals surface area contributed by atoms with Gasteiger partial charge in [-0.25, -0.2) is 4.79 Å². The molecule has 2 rings (SSSR count). The molecule has 0 radical (unpaired) electrons. The van der Waals surface area contributed by atoms with E-state index < -0.39 is 5.97 Å². The molecule has 96 valence electrons. The van der Waals surface area contributed by atoms with E-state index >= 15 is 0 Å². The predicted molar refractivity (Wildman–Crippen MR) is 71.0 cm³/mol. The highest BCUT2D eigenvalue weighted by atomic mass is 16.5. The first-order valence-electron chi connectivity index (χ1n) is 5.56. The number of ether oxygens (including phenoxy) is 1. The van der Waals surface area contributed by atoms with Crippen LogP contribution in [0.1, 0.15) is 0 Å². The molecule has 0 bridgehead atoms. The molecule has 4 nitrogen and oxygen atoms in total. The largest absolute Gasteiger partial charge is 0.508 e. The molecule has 0 saturated carbocycles. The van der Waals surface area contributed by atoms with Crippen molar-refractivity contribution in [2.45, 2.75) is 0 Å². The Labute approximate surface area is 110 Å². The van der Waals surface area contributed by atoms with Crippen molar-refractivity contribution in [1.29, 1.82) is 0 Å². The van der Waals surface area contributed by atoms with E-state index in [1.807, 2.05) is 0 Å². The van der Waals surface area contributed by atoms with Gasteiger partial charge in [0.2, 0.25) is 0 Å². The molecular formula is C15H12O4. The van der Waals surface area contributed by atoms with Crippen LogP contribution in [0.25, 0.3) is 11.1 Å². The van der Waals surface area contributed by atoms with Crippen molar-refractivity contribution in [2.24, 2.45) is 0 Å². The quantitative estimate of drug-likeness (QED) is 0.503. The van der Waals surface area contributed by atoms with Gasteiger partial charge < -0.3 is 14.9 Å². The van der Waals surface area contributed by atoms with Gasteiger partial charge in [-0.3, -0.25) is 0 Å². The normalized spacial score (nSPS) is 9.89. The lowest BCUT2D eigenvalue weighted by atomic mass is 10.1. The molecular weight excluding hydrogens is 244 g/mol. The fourth-order valence-corrected chi connectivity index (χ4v) is 1.64. The average Bonchev–Trinajstić information content (AvgIpc) is 2.38. The van der Waals surface area contributed by atoms with Gasteiger partial charge in [0.25, 0.3) is 0 Å². The first-order valence-corrected chi connectivity index (χ1v) is 5.56. The molecule has 4 heteroatoms. The standard InChI is InChI=1S/C15H12O4/c1-2-15(18)19-14-5-3-10(4-6-14)11-7-12(16)9-13(17)8-11/h2-9,16-17H,1H2. The van der Waals surface area contributed by atoms with Crippen LogP contribution in [-0.2, 0) is 4.79 Å². The van der Waals surface area contributed by atoms with Gasteiger partial charge in [-0.1, -0.05) is 18.7 Å². The number of hydrogen-bond acceptors (Lipinski definition) is 4. The van der Waals surface area contributed by atoms with Gasteiger partial charge in [-0.15, -0.1) is 0 Å². The second-order valence-electron chi connectivity index (χ2n) is 3.89. The summed E-state index contributed by atoms with van der Waals surface area (Å²) >= 11 is 0. The second kappa shape index (κ2) is 5.27. The van der Waals surface area contributed by atoms with Crippen molar-refractivity contribution in [1.82, 2.24) is 0 Å². The Hall–Kier alpha value is -2.75. The van der Waals surface area contributed by atoms with Crippen LogP contribution in [0, 0.1) is 0 Å². The van der Waals surface area contributed by atoms with Crippen molar-refractivity contribution < 1.29 is 19.7 Å². The number of phenolic OH excluding ortho intramolecular Hbond substituents is 2. The lowest BCUT2D eigenvalue weighted by Crippen LogP contribution is -2.02. The second-order valence-corrected chi connectivity index (χ2v) is 3.89. The van der Waals surface area contributed by atoms with Gasteiger partial charge in [-0.05, 0) is 35.4 Å². The van der Waals surface area contributed by atoms with Crippen molar-refractivity contribution in [3.63, 3.8) is 0 Å². The minimum atomic E-state index is -0.525. The molecule has 0 aliphatic rings. The zero-order chi connectivity index (χ0) is 13.8. The zero-order valence-corrected chi connectivity index (χ0v) is 10.0. The van der Waals surface area contributed by atoms with E-state index in [1.165, 1.54) is 18.2 Å². The Balaban J connectivity index is 2.27. The maximum absolute atomic E-state index is 11.0. The molecule has 0 spiro atoms. The summed E-state index contributed by atoms with van der Waals surface area (Å²) in [6.07, 6.45) is 1.08. The molecule has 0 heterocycles. The minimum absolute atomic E-state index is 0.0165. The fraction of sp³-hybridized carbons (Fsp3) is 0. The summed E-state index contributed by atoms with van der Waals surface area (Å²) in [6, 6.07) is 11.0. The van der Waals surface area contributed by atoms with Crippen LogP contribution in [0.2, 0.25) is 0 Å². The lowest BCUT2D eigenvalue weighted by molar-refractivity contribution is -0.128. The van der Waals surface area contributed by atoms with Gasteiger partial charge in [0.1, 0.15) is 17.2 Å². The van der Waals surface area contributed by atoms with Gasteiger partial charge >= 0.3 is 5.97 Å². The Morgan fingerprint density at radius 1 is 1.00 bits per heavy atom. The Bertz CT molecular complexity index is 594. The van der Waals surface area contributed by atoms with Crippen LogP contribution < -0.4 is 4.74 Å². The molecule has 0 unspecified atom stereocenters. The number of aromatic hydroxyl groups is 2. The van der Waals surface area contributed by atoms with E-state index in [4.69, 9.17) is 4.74 Å². The maximum Gasteiger partial charge on any atom is 0.335 e. The molecule has 2 N–H and O–H groups in total. The van der Waals surface area contributed by atoms with E-state index in [0.29, 0.717) is 11.3 Å². The maximum atomic E-state index is 11.0. The number of phenols is 2. The highest BCUT2D eigenvalue weighted by Gasteiger charge is 2.04. The summed E-state index contributed by atoms with van der Waals surface area (Å²) in [5.74, 6) is -0.157. The van der Waals surface area contributed by atoms with Gasteiger partial charge in [-0.2, -0.15) is 0 Å². The first kappa shape index (κ1) is 12.7. The van der Waals surface area contributed by atoms with Crippen LogP contribution in [0.3, 0.4) is 0 Å². The Morgan fingerprint density at radius 3 is 2.11 bits per heavy atom. The van der Waals surface area contributed by atoms with E-state index in [0.717, 1.165) is 11.6 Å². The number of carbonyl (C=O) groups is 1. The van der Waals surface area contributed by atoms with Crippen molar-refractivity contribution in [2.75, 3.05) is 0 Å². The highest BCUT2D eigenvalue weighted by molar-refractivity contribution is 5.83. The molecule has 19 heavy (non-hydrogen) atoms. The SMILES string of the molecule is C=CC(=O)Oc1ccc(-c2cc(O)cc(O)c2)cc1. The van der Waals surface area contributed by atoms with Crippen LogP contribution in [0.15, 0.2) is 55.1 Å². The minimum Gasteiger partial charge on any atom is -0.508 e. The van der Waals surface area contributed by atoms with Crippen LogP contribution in [0.4, 0.5) is 0 Å². The fourth-order valence-electron chi connectivity index (χ4n) is 1.64. The van der Waals surface area contributed by atoms with E-state index in [1.54, 1.807) is 24.3 Å². The molecule has 0 amide bonds. The molecule has 2 aromatic rings. The van der Waals surface area contributed by atoms with E-state index in [-0.39, 0.29) is 11.5 Å². The van der Waals surface area contributed by atoms with Crippen LogP contribution in [-0.4, -0.2) is 16.2 Å². The monoisotopic (exact) mass is 256 g/mol. The molecule has 0 atom stereocenters. The third-order valence-electron chi connectivity index (χ3n) is 2.48. The Kier molecular flexibility index (Phi) is 3.52. The number of rotatable bonds is 3. The van der Waals surface area contributed by atoms with Crippen molar-refractivity contribution in [3.05, 3.63) is 55.1 Å². The zero-order valence-electron chi connectivity index (χ0n) is 10.0. The van der Waals surface area contributed by atoms with Crippen molar-refractivity contribution in [3.8, 4) is 28.4 Å². The van der Waals surface area contributed by atoms with Gasteiger partial charge in [0, 0.05) is 12.1 Å². The first-order chi connectivity index (χ1) is 9.08. The molecule has 2 aromatic carbocycles. The van der Waals surface area contributed by atoms with Crippen molar-refractivity contribution >= 4 is 5.97 Å². The molecule has 0 aliphatic carbocycles. The highest BCUT2D eigenvalue weighted by Crippen LogP contribution is 2.29. The summed E-state index contributed by atoms with van der Waals surface area (Å²) in [5.41, 5.74) is 1.45. The van der Waals surface area contributed by atoms with E-state index in [2.05, 4.69) is 6.58 Å². The molecule has 0 fully saturated rings. The number of benzene rings is 2. The third-order valence-corrected chi connectivity index (χ3v) is 2.48. The summed E-state index contributed by atoms with van der Waals surface area (Å²) in [5, 5.41) is 18.8. The summed E-state index contributed by atoms with van der Waals surface area (Å²) in [6.45, 7) is 3.31. The smallest absolute Gasteiger partial charge is 0.335 e. The van der Waals surface area contributed by atoms with Gasteiger partial charge in [0.15, 0.2) is 0 Å². The summed E-state index contributed by atoms with van der Waals surface area (Å²) in [4.78, 5) is 11.0. The summed E-state index contributed by atoms with van der Waals surface area (Å²) < 4.78 is 4.95. The predicted octanol–water partition coefficient (Wildman–Crippen LogP) is 2.86. The Morgan fingerprint density at radius 2 is 1.58 bits per heavy atom. The lowest BCUT2D eigenvalue weighted by Gasteiger charge is -2.05. The molecule has 0 aromatic heterocycles. The molecule has 0 saturated heterocycles. The molecule has 0 aliphatic heterocycles.